The molecule has 0 aliphatic rings. The van der Waals surface area contributed by atoms with Gasteiger partial charge in [-0.05, 0) is 12.1 Å². The topological polar surface area (TPSA) is 0 Å². The fourth-order valence-corrected chi connectivity index (χ4v) is 7.96. The highest BCUT2D eigenvalue weighted by Gasteiger charge is 2.26. The van der Waals surface area contributed by atoms with Crippen molar-refractivity contribution in [2.75, 3.05) is 0 Å². The van der Waals surface area contributed by atoms with Crippen LogP contribution in [0.25, 0.3) is 0 Å². The average molecular weight is 494 g/mol. The largest absolute Gasteiger partial charge is 0.251 e. The van der Waals surface area contributed by atoms with E-state index in [1.54, 1.807) is 0 Å². The van der Waals surface area contributed by atoms with E-state index in [0.717, 1.165) is 12.1 Å². The summed E-state index contributed by atoms with van der Waals surface area (Å²) >= 11 is 13.4. The molecule has 0 heterocycles. The van der Waals surface area contributed by atoms with Gasteiger partial charge in [-0.15, -0.1) is 22.2 Å². The maximum atomic E-state index is 6.71. The Balaban J connectivity index is 3.29. The van der Waals surface area contributed by atoms with Crippen molar-refractivity contribution in [3.63, 3.8) is 0 Å². The van der Waals surface area contributed by atoms with Crippen LogP contribution >= 0.6 is 22.2 Å². The summed E-state index contributed by atoms with van der Waals surface area (Å²) in [5.74, 6) is 0. The van der Waals surface area contributed by atoms with E-state index >= 15 is 0 Å². The quantitative estimate of drug-likeness (QED) is 0.0638. The van der Waals surface area contributed by atoms with Gasteiger partial charge in [-0.3, -0.25) is 0 Å². The first-order valence-electron chi connectivity index (χ1n) is 14.5. The summed E-state index contributed by atoms with van der Waals surface area (Å²) in [6, 6.07) is 2.23. The molecule has 31 heavy (non-hydrogen) atoms. The van der Waals surface area contributed by atoms with Gasteiger partial charge in [0, 0.05) is 0 Å². The molecule has 0 bridgehead atoms. The molecule has 0 aliphatic carbocycles. The molecule has 0 radical (unpaired) electrons. The molecule has 0 saturated carbocycles. The van der Waals surface area contributed by atoms with Gasteiger partial charge in [0.2, 0.25) is 0 Å². The minimum Gasteiger partial charge on any atom is -0.146 e. The van der Waals surface area contributed by atoms with E-state index in [4.69, 9.17) is 22.2 Å². The zero-order valence-corrected chi connectivity index (χ0v) is 24.2. The molecule has 0 N–H and O–H groups in total. The van der Waals surface area contributed by atoms with Gasteiger partial charge in [-0.1, -0.05) is 168 Å². The molecule has 0 saturated heterocycles. The Morgan fingerprint density at radius 2 is 0.516 bits per heavy atom. The third-order valence-corrected chi connectivity index (χ3v) is 11.2. The summed E-state index contributed by atoms with van der Waals surface area (Å²) in [6.07, 6.45) is 33.6. The molecule has 0 aromatic heterocycles. The lowest BCUT2D eigenvalue weighted by Crippen LogP contribution is -2.18. The third kappa shape index (κ3) is 26.9. The molecule has 0 unspecified atom stereocenters. The minimum atomic E-state index is -1.95. The van der Waals surface area contributed by atoms with Crippen LogP contribution in [-0.4, -0.2) is 6.69 Å². The summed E-state index contributed by atoms with van der Waals surface area (Å²) in [6.45, 7) is 2.63. The molecule has 0 spiro atoms. The maximum Gasteiger partial charge on any atom is 0.251 e. The molecular weight excluding hydrogens is 435 g/mol. The Kier molecular flexibility index (Phi) is 26.1. The lowest BCUT2D eigenvalue weighted by molar-refractivity contribution is 0.546. The van der Waals surface area contributed by atoms with E-state index in [1.807, 2.05) is 0 Å². The van der Waals surface area contributed by atoms with E-state index in [9.17, 15) is 0 Å². The van der Waals surface area contributed by atoms with Crippen molar-refractivity contribution in [2.24, 2.45) is 0 Å². The summed E-state index contributed by atoms with van der Waals surface area (Å²) in [4.78, 5) is 0. The van der Waals surface area contributed by atoms with E-state index in [0.29, 0.717) is 0 Å². The van der Waals surface area contributed by atoms with Crippen molar-refractivity contribution in [3.8, 4) is 0 Å². The molecule has 0 aromatic carbocycles. The minimum absolute atomic E-state index is 1.12. The van der Waals surface area contributed by atoms with Crippen LogP contribution < -0.4 is 0 Å². The van der Waals surface area contributed by atoms with Crippen molar-refractivity contribution >= 4 is 28.9 Å². The second-order valence-corrected chi connectivity index (χ2v) is 17.8. The Bertz CT molecular complexity index is 303. The Morgan fingerprint density at radius 1 is 0.323 bits per heavy atom. The van der Waals surface area contributed by atoms with Gasteiger partial charge in [0.25, 0.3) is 6.69 Å². The molecule has 3 heteroatoms. The molecule has 0 aromatic rings. The van der Waals surface area contributed by atoms with E-state index in [-0.39, 0.29) is 0 Å². The first-order chi connectivity index (χ1) is 15.1. The normalized spacial score (nSPS) is 12.0. The van der Waals surface area contributed by atoms with Gasteiger partial charge >= 0.3 is 0 Å². The summed E-state index contributed by atoms with van der Waals surface area (Å²) in [5, 5.41) is 0. The van der Waals surface area contributed by atoms with Gasteiger partial charge in [-0.2, -0.15) is 0 Å². The molecule has 0 aliphatic heterocycles. The van der Waals surface area contributed by atoms with Gasteiger partial charge in [0.1, 0.15) is 0 Å². The Labute approximate surface area is 208 Å². The van der Waals surface area contributed by atoms with E-state index < -0.39 is 6.69 Å². The van der Waals surface area contributed by atoms with E-state index in [1.165, 1.54) is 154 Å². The average Bonchev–Trinajstić information content (AvgIpc) is 2.75. The van der Waals surface area contributed by atoms with Crippen LogP contribution in [0.15, 0.2) is 0 Å². The van der Waals surface area contributed by atoms with Gasteiger partial charge in [-0.25, -0.2) is 0 Å². The lowest BCUT2D eigenvalue weighted by Gasteiger charge is -2.16. The molecule has 0 rings (SSSR count). The van der Waals surface area contributed by atoms with Crippen LogP contribution in [0.5, 0.6) is 0 Å². The number of hydrogen-bond donors (Lipinski definition) is 0. The van der Waals surface area contributed by atoms with Gasteiger partial charge in [0.15, 0.2) is 0 Å². The molecule has 0 fully saturated rings. The Morgan fingerprint density at radius 3 is 0.742 bits per heavy atom. The molecule has 188 valence electrons. The number of halogens is 2. The second kappa shape index (κ2) is 25.4. The van der Waals surface area contributed by atoms with Crippen LogP contribution in [0.3, 0.4) is 0 Å². The SMILES string of the molecule is CCCCCCCCCCCCCC[Si](Cl)(Cl)CCCCCCCCCCCCCC. The first kappa shape index (κ1) is 31.8. The predicted molar refractivity (Wildman–Crippen MR) is 149 cm³/mol. The second-order valence-electron chi connectivity index (χ2n) is 10.1. The molecule has 0 atom stereocenters. The Hall–Kier alpha value is 0.797. The highest BCUT2D eigenvalue weighted by molar-refractivity contribution is 7.45. The van der Waals surface area contributed by atoms with Gasteiger partial charge < -0.3 is 0 Å². The zero-order chi connectivity index (χ0) is 22.9. The van der Waals surface area contributed by atoms with E-state index in [2.05, 4.69) is 13.8 Å². The number of unbranched alkanes of at least 4 members (excludes halogenated alkanes) is 22. The van der Waals surface area contributed by atoms with Crippen molar-refractivity contribution in [1.29, 1.82) is 0 Å². The number of rotatable bonds is 26. The molecule has 0 amide bonds. The van der Waals surface area contributed by atoms with Crippen LogP contribution in [0.2, 0.25) is 12.1 Å². The fourth-order valence-electron chi connectivity index (χ4n) is 4.57. The summed E-state index contributed by atoms with van der Waals surface area (Å²) < 4.78 is 0. The molecular formula is C28H58Cl2Si. The number of hydrogen-bond acceptors (Lipinski definition) is 0. The van der Waals surface area contributed by atoms with Gasteiger partial charge in [0.05, 0.1) is 0 Å². The van der Waals surface area contributed by atoms with Crippen LogP contribution in [0.4, 0.5) is 0 Å². The van der Waals surface area contributed by atoms with Crippen LogP contribution in [0.1, 0.15) is 168 Å². The zero-order valence-electron chi connectivity index (χ0n) is 21.6. The maximum absolute atomic E-state index is 6.71. The van der Waals surface area contributed by atoms with Crippen molar-refractivity contribution in [2.45, 2.75) is 180 Å². The summed E-state index contributed by atoms with van der Waals surface area (Å²) in [7, 11) is 0. The fraction of sp³-hybridized carbons (Fsp3) is 1.00. The molecule has 0 nitrogen and oxygen atoms in total. The standard InChI is InChI=1S/C28H58Cl2Si/c1-3-5-7-9-11-13-15-17-19-21-23-25-27-31(29,30)28-26-24-22-20-18-16-14-12-10-8-6-4-2/h3-28H2,1-2H3. The summed E-state index contributed by atoms with van der Waals surface area (Å²) in [5.41, 5.74) is 0. The first-order valence-corrected chi connectivity index (χ1v) is 18.9. The van der Waals surface area contributed by atoms with Crippen molar-refractivity contribution in [3.05, 3.63) is 0 Å². The highest BCUT2D eigenvalue weighted by Crippen LogP contribution is 2.30. The highest BCUT2D eigenvalue weighted by atomic mass is 35.7. The lowest BCUT2D eigenvalue weighted by atomic mass is 10.1. The smallest absolute Gasteiger partial charge is 0.146 e. The monoisotopic (exact) mass is 492 g/mol. The predicted octanol–water partition coefficient (Wildman–Crippen LogP) is 12.3. The van der Waals surface area contributed by atoms with Crippen molar-refractivity contribution < 1.29 is 0 Å². The van der Waals surface area contributed by atoms with Crippen LogP contribution in [-0.2, 0) is 0 Å². The van der Waals surface area contributed by atoms with Crippen LogP contribution in [0, 0.1) is 0 Å². The third-order valence-electron chi connectivity index (χ3n) is 6.79. The van der Waals surface area contributed by atoms with Crippen molar-refractivity contribution in [1.82, 2.24) is 0 Å².